The second-order valence-electron chi connectivity index (χ2n) is 8.85. The molecule has 13 heteroatoms. The smallest absolute Gasteiger partial charge is 0.416 e. The Morgan fingerprint density at radius 2 is 1.95 bits per heavy atom. The Bertz CT molecular complexity index is 1480. The second-order valence-corrected chi connectivity index (χ2v) is 9.23. The van der Waals surface area contributed by atoms with Crippen LogP contribution in [-0.4, -0.2) is 42.5 Å². The molecule has 1 saturated heterocycles. The maximum absolute atomic E-state index is 13.7. The molecule has 3 N–H and O–H groups in total. The number of pyridine rings is 1. The molecule has 0 unspecified atom stereocenters. The van der Waals surface area contributed by atoms with Crippen molar-refractivity contribution in [3.05, 3.63) is 71.0 Å². The van der Waals surface area contributed by atoms with Gasteiger partial charge >= 0.3 is 6.18 Å². The van der Waals surface area contributed by atoms with Gasteiger partial charge in [0.05, 0.1) is 18.0 Å². The van der Waals surface area contributed by atoms with Gasteiger partial charge in [-0.05, 0) is 49.7 Å². The van der Waals surface area contributed by atoms with E-state index in [2.05, 4.69) is 30.2 Å². The molecule has 1 aromatic carbocycles. The first-order valence-electron chi connectivity index (χ1n) is 11.8. The van der Waals surface area contributed by atoms with Crippen molar-refractivity contribution in [2.24, 2.45) is 12.8 Å². The first kappa shape index (κ1) is 25.7. The Morgan fingerprint density at radius 1 is 1.16 bits per heavy atom. The van der Waals surface area contributed by atoms with Crippen LogP contribution in [0.4, 0.5) is 24.8 Å². The SMILES string of the molecule is Cn1c(Nc2cc(CN3CCCC3)cc(C(F)(F)F)c2)nc2ncc(OC(=CN)c3cnccn3)c(Cl)c21. The molecular formula is C25H24ClF3N8O. The number of hydrogen-bond donors (Lipinski definition) is 2. The number of imidazole rings is 1. The van der Waals surface area contributed by atoms with Crippen molar-refractivity contribution in [2.45, 2.75) is 25.6 Å². The highest BCUT2D eigenvalue weighted by Gasteiger charge is 2.31. The van der Waals surface area contributed by atoms with Gasteiger partial charge in [-0.1, -0.05) is 11.6 Å². The molecule has 0 amide bonds. The maximum atomic E-state index is 13.7. The zero-order valence-corrected chi connectivity index (χ0v) is 21.1. The van der Waals surface area contributed by atoms with Crippen LogP contribution in [-0.2, 0) is 19.8 Å². The van der Waals surface area contributed by atoms with E-state index in [0.717, 1.165) is 32.0 Å². The van der Waals surface area contributed by atoms with Gasteiger partial charge in [-0.15, -0.1) is 0 Å². The summed E-state index contributed by atoms with van der Waals surface area (Å²) in [5.41, 5.74) is 6.92. The lowest BCUT2D eigenvalue weighted by Crippen LogP contribution is -2.19. The van der Waals surface area contributed by atoms with Gasteiger partial charge in [0.15, 0.2) is 17.2 Å². The van der Waals surface area contributed by atoms with Gasteiger partial charge in [0.25, 0.3) is 0 Å². The van der Waals surface area contributed by atoms with E-state index in [1.54, 1.807) is 17.7 Å². The molecule has 9 nitrogen and oxygen atoms in total. The van der Waals surface area contributed by atoms with Gasteiger partial charge in [-0.3, -0.25) is 9.88 Å². The number of rotatable bonds is 7. The predicted molar refractivity (Wildman–Crippen MR) is 138 cm³/mol. The zero-order valence-electron chi connectivity index (χ0n) is 20.3. The van der Waals surface area contributed by atoms with Crippen molar-refractivity contribution >= 4 is 40.2 Å². The van der Waals surface area contributed by atoms with Crippen LogP contribution in [0.3, 0.4) is 0 Å². The Balaban J connectivity index is 1.46. The number of likely N-dealkylation sites (tertiary alicyclic amines) is 1. The van der Waals surface area contributed by atoms with Crippen LogP contribution in [0.15, 0.2) is 49.2 Å². The summed E-state index contributed by atoms with van der Waals surface area (Å²) in [4.78, 5) is 19.1. The molecule has 5 rings (SSSR count). The van der Waals surface area contributed by atoms with Crippen molar-refractivity contribution in [1.82, 2.24) is 29.4 Å². The molecular weight excluding hydrogens is 521 g/mol. The summed E-state index contributed by atoms with van der Waals surface area (Å²) < 4.78 is 48.5. The van der Waals surface area contributed by atoms with Crippen LogP contribution in [0.2, 0.25) is 5.02 Å². The lowest BCUT2D eigenvalue weighted by Gasteiger charge is -2.18. The fourth-order valence-corrected chi connectivity index (χ4v) is 4.66. The maximum Gasteiger partial charge on any atom is 0.416 e. The molecule has 0 bridgehead atoms. The monoisotopic (exact) mass is 544 g/mol. The number of nitrogens with one attached hydrogen (secondary N) is 1. The van der Waals surface area contributed by atoms with Crippen molar-refractivity contribution in [3.8, 4) is 5.75 Å². The Hall–Kier alpha value is -3.90. The molecule has 0 aliphatic carbocycles. The van der Waals surface area contributed by atoms with Gasteiger partial charge < -0.3 is 20.4 Å². The zero-order chi connectivity index (χ0) is 26.9. The van der Waals surface area contributed by atoms with Gasteiger partial charge in [0.1, 0.15) is 16.2 Å². The molecule has 0 spiro atoms. The summed E-state index contributed by atoms with van der Waals surface area (Å²) in [5.74, 6) is 0.681. The largest absolute Gasteiger partial charge is 0.450 e. The van der Waals surface area contributed by atoms with Gasteiger partial charge in [0, 0.05) is 37.9 Å². The van der Waals surface area contributed by atoms with E-state index < -0.39 is 11.7 Å². The lowest BCUT2D eigenvalue weighted by atomic mass is 10.1. The van der Waals surface area contributed by atoms with Gasteiger partial charge in [-0.25, -0.2) is 9.97 Å². The fraction of sp³-hybridized carbons (Fsp3) is 0.280. The topological polar surface area (TPSA) is 107 Å². The van der Waals surface area contributed by atoms with E-state index in [1.807, 2.05) is 0 Å². The second kappa shape index (κ2) is 10.5. The highest BCUT2D eigenvalue weighted by molar-refractivity contribution is 6.36. The van der Waals surface area contributed by atoms with Crippen LogP contribution in [0.25, 0.3) is 16.9 Å². The minimum atomic E-state index is -4.49. The Morgan fingerprint density at radius 3 is 2.63 bits per heavy atom. The number of hydrogen-bond acceptors (Lipinski definition) is 8. The van der Waals surface area contributed by atoms with Crippen molar-refractivity contribution < 1.29 is 17.9 Å². The normalized spacial score (nSPS) is 14.8. The summed E-state index contributed by atoms with van der Waals surface area (Å²) in [7, 11) is 1.68. The van der Waals surface area contributed by atoms with Crippen molar-refractivity contribution in [2.75, 3.05) is 18.4 Å². The van der Waals surface area contributed by atoms with Gasteiger partial charge in [-0.2, -0.15) is 18.2 Å². The van der Waals surface area contributed by atoms with Crippen LogP contribution < -0.4 is 15.8 Å². The number of fused-ring (bicyclic) bond motifs is 1. The molecule has 0 saturated carbocycles. The quantitative estimate of drug-likeness (QED) is 0.309. The molecule has 0 atom stereocenters. The number of benzene rings is 1. The molecule has 198 valence electrons. The molecule has 4 aromatic rings. The molecule has 38 heavy (non-hydrogen) atoms. The van der Waals surface area contributed by atoms with Crippen LogP contribution in [0.1, 0.15) is 29.7 Å². The summed E-state index contributed by atoms with van der Waals surface area (Å²) in [6, 6.07) is 3.96. The molecule has 1 aliphatic rings. The van der Waals surface area contributed by atoms with E-state index >= 15 is 0 Å². The standard InChI is InChI=1S/C25H24ClF3N8O/c1-36-22-21(26)20(38-19(11-30)18-12-31-4-5-32-18)13-33-23(22)35-24(36)34-17-9-15(14-37-6-2-3-7-37)8-16(10-17)25(27,28)29/h4-5,8-13H,2-3,6-7,14,30H2,1H3,(H,33,34,35). The number of ether oxygens (including phenoxy) is 1. The van der Waals surface area contributed by atoms with E-state index in [4.69, 9.17) is 22.1 Å². The molecule has 0 radical (unpaired) electrons. The van der Waals surface area contributed by atoms with Gasteiger partial charge in [0.2, 0.25) is 5.95 Å². The van der Waals surface area contributed by atoms with E-state index in [9.17, 15) is 13.2 Å². The number of alkyl halides is 3. The third-order valence-electron chi connectivity index (χ3n) is 6.17. The Labute approximate surface area is 221 Å². The highest BCUT2D eigenvalue weighted by Crippen LogP contribution is 2.36. The first-order valence-corrected chi connectivity index (χ1v) is 12.2. The average molecular weight is 545 g/mol. The van der Waals surface area contributed by atoms with E-state index in [0.29, 0.717) is 23.3 Å². The minimum Gasteiger partial charge on any atom is -0.450 e. The molecule has 3 aromatic heterocycles. The first-order chi connectivity index (χ1) is 18.2. The molecule has 4 heterocycles. The number of nitrogens with zero attached hydrogens (tertiary/aromatic N) is 6. The van der Waals surface area contributed by atoms with Crippen LogP contribution in [0.5, 0.6) is 5.75 Å². The number of anilines is 2. The fourth-order valence-electron chi connectivity index (χ4n) is 4.36. The Kier molecular flexibility index (Phi) is 7.09. The van der Waals surface area contributed by atoms with E-state index in [1.165, 1.54) is 37.1 Å². The van der Waals surface area contributed by atoms with Crippen molar-refractivity contribution in [1.29, 1.82) is 0 Å². The van der Waals surface area contributed by atoms with Crippen LogP contribution >= 0.6 is 11.6 Å². The van der Waals surface area contributed by atoms with Crippen LogP contribution in [0, 0.1) is 0 Å². The minimum absolute atomic E-state index is 0.194. The molecule has 1 fully saturated rings. The third kappa shape index (κ3) is 5.36. The summed E-state index contributed by atoms with van der Waals surface area (Å²) >= 11 is 6.65. The highest BCUT2D eigenvalue weighted by atomic mass is 35.5. The summed E-state index contributed by atoms with van der Waals surface area (Å²) in [5, 5.41) is 3.20. The lowest BCUT2D eigenvalue weighted by molar-refractivity contribution is -0.137. The number of nitrogens with two attached hydrogens (primary N) is 1. The summed E-state index contributed by atoms with van der Waals surface area (Å²) in [6.07, 6.45) is 4.72. The third-order valence-corrected chi connectivity index (χ3v) is 6.54. The predicted octanol–water partition coefficient (Wildman–Crippen LogP) is 5.11. The number of halogens is 4. The van der Waals surface area contributed by atoms with Crippen molar-refractivity contribution in [3.63, 3.8) is 0 Å². The average Bonchev–Trinajstić information content (AvgIpc) is 3.51. The number of aromatic nitrogens is 5. The van der Waals surface area contributed by atoms with E-state index in [-0.39, 0.29) is 33.8 Å². The molecule has 1 aliphatic heterocycles. The number of aryl methyl sites for hydroxylation is 1. The summed E-state index contributed by atoms with van der Waals surface area (Å²) in [6.45, 7) is 2.19.